The molecule has 1 aliphatic heterocycles. The second-order valence-corrected chi connectivity index (χ2v) is 11.5. The first-order chi connectivity index (χ1) is 19.1. The third-order valence-electron chi connectivity index (χ3n) is 6.28. The molecule has 1 saturated heterocycles. The SMILES string of the molecule is CC.CCCNc1c(C(N)=O)sc2ccc3nc(-c4cc(C#CSI)ncc4CN4CCOCC4)ccc3c12. The van der Waals surface area contributed by atoms with Crippen LogP contribution in [-0.2, 0) is 11.3 Å². The molecule has 10 heteroatoms. The number of nitrogens with zero attached hydrogens (tertiary/aromatic N) is 3. The number of thiophene rings is 1. The van der Waals surface area contributed by atoms with Crippen LogP contribution in [0.1, 0.15) is 48.1 Å². The summed E-state index contributed by atoms with van der Waals surface area (Å²) in [4.78, 5) is 24.8. The Hall–Kier alpha value is -2.43. The molecule has 1 aromatic carbocycles. The van der Waals surface area contributed by atoms with Gasteiger partial charge in [-0.05, 0) is 62.4 Å². The second-order valence-electron chi connectivity index (χ2n) is 8.72. The summed E-state index contributed by atoms with van der Waals surface area (Å²) in [6.45, 7) is 10.9. The number of aromatic nitrogens is 2. The molecular weight excluding hydrogens is 641 g/mol. The van der Waals surface area contributed by atoms with E-state index in [4.69, 9.17) is 15.5 Å². The number of carbonyl (C=O) groups excluding carboxylic acids is 1. The zero-order valence-corrected chi connectivity index (χ0v) is 26.1. The lowest BCUT2D eigenvalue weighted by molar-refractivity contribution is 0.0342. The molecule has 204 valence electrons. The first-order valence-corrected chi connectivity index (χ1v) is 17.2. The Bertz CT molecular complexity index is 1520. The van der Waals surface area contributed by atoms with Gasteiger partial charge in [0.05, 0.1) is 30.1 Å². The van der Waals surface area contributed by atoms with Gasteiger partial charge in [-0.25, -0.2) is 9.97 Å². The lowest BCUT2D eigenvalue weighted by Gasteiger charge is -2.27. The summed E-state index contributed by atoms with van der Waals surface area (Å²) in [7, 11) is 1.44. The van der Waals surface area contributed by atoms with E-state index in [0.29, 0.717) is 4.88 Å². The number of pyridine rings is 2. The van der Waals surface area contributed by atoms with Crippen LogP contribution in [0.5, 0.6) is 0 Å². The summed E-state index contributed by atoms with van der Waals surface area (Å²) in [5.41, 5.74) is 11.1. The first kappa shape index (κ1) is 29.6. The van der Waals surface area contributed by atoms with E-state index in [1.807, 2.05) is 38.2 Å². The molecular formula is C29H32IN5O2S2. The van der Waals surface area contributed by atoms with Crippen LogP contribution in [0, 0.1) is 11.2 Å². The van der Waals surface area contributed by atoms with Gasteiger partial charge in [0.1, 0.15) is 10.6 Å². The highest BCUT2D eigenvalue weighted by Crippen LogP contribution is 2.40. The van der Waals surface area contributed by atoms with Crippen molar-refractivity contribution in [2.45, 2.75) is 33.7 Å². The Morgan fingerprint density at radius 3 is 2.77 bits per heavy atom. The predicted molar refractivity (Wildman–Crippen MR) is 174 cm³/mol. The lowest BCUT2D eigenvalue weighted by atomic mass is 10.0. The fraction of sp³-hybridized carbons (Fsp3) is 0.345. The molecule has 0 unspecified atom stereocenters. The summed E-state index contributed by atoms with van der Waals surface area (Å²) in [6.07, 6.45) is 2.87. The largest absolute Gasteiger partial charge is 0.383 e. The Morgan fingerprint density at radius 1 is 1.26 bits per heavy atom. The maximum Gasteiger partial charge on any atom is 0.260 e. The van der Waals surface area contributed by atoms with Crippen molar-refractivity contribution in [3.05, 3.63) is 52.7 Å². The van der Waals surface area contributed by atoms with Gasteiger partial charge in [-0.3, -0.25) is 9.69 Å². The van der Waals surface area contributed by atoms with E-state index in [9.17, 15) is 4.79 Å². The number of halogens is 1. The Balaban J connectivity index is 0.00000172. The van der Waals surface area contributed by atoms with Crippen LogP contribution in [0.3, 0.4) is 0 Å². The smallest absolute Gasteiger partial charge is 0.260 e. The Labute approximate surface area is 249 Å². The minimum atomic E-state index is -0.416. The average Bonchev–Trinajstić information content (AvgIpc) is 3.36. The molecule has 0 saturated carbocycles. The van der Waals surface area contributed by atoms with Crippen molar-refractivity contribution in [3.63, 3.8) is 0 Å². The van der Waals surface area contributed by atoms with E-state index in [1.165, 1.54) is 20.3 Å². The molecule has 39 heavy (non-hydrogen) atoms. The standard InChI is InChI=1S/C27H26IN5O2S2.C2H6/c1-2-8-30-25-24-19-3-4-22(32-21(19)5-6-23(24)37-26(25)27(29)34)20-14-18(7-13-36-28)31-15-17(20)16-33-9-11-35-12-10-33;1-2/h3-6,14-15,30H,2,8-12,16H2,1H3,(H2,29,34);1-2H3. The molecule has 5 rings (SSSR count). The summed E-state index contributed by atoms with van der Waals surface area (Å²) in [5, 5.41) is 8.45. The van der Waals surface area contributed by atoms with Crippen molar-refractivity contribution in [1.29, 1.82) is 0 Å². The molecule has 1 amide bonds. The van der Waals surface area contributed by atoms with E-state index in [-0.39, 0.29) is 0 Å². The summed E-state index contributed by atoms with van der Waals surface area (Å²) >= 11 is 3.58. The number of morpholine rings is 1. The average molecular weight is 674 g/mol. The molecule has 1 fully saturated rings. The number of hydrogen-bond acceptors (Lipinski definition) is 8. The van der Waals surface area contributed by atoms with Crippen LogP contribution in [0.25, 0.3) is 32.2 Å². The number of carbonyl (C=O) groups is 1. The Kier molecular flexibility index (Phi) is 10.8. The highest BCUT2D eigenvalue weighted by atomic mass is 127. The van der Waals surface area contributed by atoms with Crippen LogP contribution < -0.4 is 11.1 Å². The van der Waals surface area contributed by atoms with Crippen LogP contribution in [0.2, 0.25) is 0 Å². The third kappa shape index (κ3) is 6.84. The summed E-state index contributed by atoms with van der Waals surface area (Å²) < 4.78 is 6.54. The predicted octanol–water partition coefficient (Wildman–Crippen LogP) is 6.68. The number of ether oxygens (including phenoxy) is 1. The number of amides is 1. The van der Waals surface area contributed by atoms with Gasteiger partial charge < -0.3 is 15.8 Å². The van der Waals surface area contributed by atoms with E-state index in [0.717, 1.165) is 95.0 Å². The molecule has 0 bridgehead atoms. The number of anilines is 1. The van der Waals surface area contributed by atoms with Crippen LogP contribution >= 0.6 is 41.5 Å². The monoisotopic (exact) mass is 673 g/mol. The van der Waals surface area contributed by atoms with Crippen LogP contribution in [0.15, 0.2) is 36.5 Å². The quantitative estimate of drug-likeness (QED) is 0.167. The fourth-order valence-electron chi connectivity index (χ4n) is 4.53. The molecule has 4 aromatic rings. The minimum Gasteiger partial charge on any atom is -0.383 e. The van der Waals surface area contributed by atoms with E-state index in [1.54, 1.807) is 0 Å². The molecule has 0 atom stereocenters. The highest BCUT2D eigenvalue weighted by Gasteiger charge is 2.20. The topological polar surface area (TPSA) is 93.4 Å². The summed E-state index contributed by atoms with van der Waals surface area (Å²) in [5.74, 6) is 2.70. The molecule has 0 aliphatic carbocycles. The Morgan fingerprint density at radius 2 is 2.05 bits per heavy atom. The van der Waals surface area contributed by atoms with Gasteiger partial charge >= 0.3 is 0 Å². The molecule has 7 nitrogen and oxygen atoms in total. The zero-order chi connectivity index (χ0) is 27.8. The highest BCUT2D eigenvalue weighted by molar-refractivity contribution is 14.2. The molecule has 1 aliphatic rings. The van der Waals surface area contributed by atoms with Crippen molar-refractivity contribution >= 4 is 74.1 Å². The fourth-order valence-corrected chi connectivity index (χ4v) is 6.05. The number of primary amides is 1. The molecule has 0 spiro atoms. The molecule has 4 heterocycles. The van der Waals surface area contributed by atoms with Crippen molar-refractivity contribution < 1.29 is 9.53 Å². The number of hydrogen-bond donors (Lipinski definition) is 2. The van der Waals surface area contributed by atoms with Gasteiger partial charge in [0.25, 0.3) is 5.91 Å². The molecule has 0 radical (unpaired) electrons. The minimum absolute atomic E-state index is 0.416. The number of nitrogens with two attached hydrogens (primary N) is 1. The van der Waals surface area contributed by atoms with Crippen molar-refractivity contribution in [3.8, 4) is 22.4 Å². The van der Waals surface area contributed by atoms with E-state index in [2.05, 4.69) is 66.6 Å². The molecule has 3 aromatic heterocycles. The van der Waals surface area contributed by atoms with Crippen LogP contribution in [-0.4, -0.2) is 53.6 Å². The lowest BCUT2D eigenvalue weighted by Crippen LogP contribution is -2.35. The van der Waals surface area contributed by atoms with Crippen molar-refractivity contribution in [2.24, 2.45) is 5.73 Å². The second kappa shape index (κ2) is 14.3. The number of nitrogens with one attached hydrogen (secondary N) is 1. The normalized spacial score (nSPS) is 13.4. The molecule has 3 N–H and O–H groups in total. The van der Waals surface area contributed by atoms with Crippen molar-refractivity contribution in [1.82, 2.24) is 14.9 Å². The maximum absolute atomic E-state index is 12.2. The maximum atomic E-state index is 12.2. The van der Waals surface area contributed by atoms with Gasteiger partial charge in [0.2, 0.25) is 0 Å². The van der Waals surface area contributed by atoms with E-state index >= 15 is 0 Å². The van der Waals surface area contributed by atoms with Gasteiger partial charge in [0, 0.05) is 74.6 Å². The van der Waals surface area contributed by atoms with Gasteiger partial charge in [-0.15, -0.1) is 11.3 Å². The first-order valence-electron chi connectivity index (χ1n) is 13.1. The van der Waals surface area contributed by atoms with Gasteiger partial charge in [0.15, 0.2) is 0 Å². The third-order valence-corrected chi connectivity index (χ3v) is 8.28. The number of benzene rings is 1. The van der Waals surface area contributed by atoms with Crippen LogP contribution in [0.4, 0.5) is 5.69 Å². The zero-order valence-electron chi connectivity index (χ0n) is 22.3. The number of fused-ring (bicyclic) bond motifs is 3. The number of rotatable bonds is 7. The van der Waals surface area contributed by atoms with Crippen molar-refractivity contribution in [2.75, 3.05) is 38.2 Å². The van der Waals surface area contributed by atoms with E-state index < -0.39 is 5.91 Å². The van der Waals surface area contributed by atoms with Gasteiger partial charge in [-0.2, -0.15) is 0 Å². The summed E-state index contributed by atoms with van der Waals surface area (Å²) in [6, 6.07) is 10.2. The van der Waals surface area contributed by atoms with Gasteiger partial charge in [-0.1, -0.05) is 20.8 Å².